The van der Waals surface area contributed by atoms with Crippen LogP contribution in [0.1, 0.15) is 57.1 Å². The van der Waals surface area contributed by atoms with Crippen molar-refractivity contribution in [2.45, 2.75) is 52.4 Å². The molecule has 0 saturated heterocycles. The van der Waals surface area contributed by atoms with E-state index in [0.29, 0.717) is 5.92 Å². The molecule has 1 rings (SSSR count). The Hall–Kier alpha value is -1.22. The highest BCUT2D eigenvalue weighted by Crippen LogP contribution is 2.19. The Bertz CT molecular complexity index is 348. The van der Waals surface area contributed by atoms with Gasteiger partial charge in [-0.3, -0.25) is 0 Å². The summed E-state index contributed by atoms with van der Waals surface area (Å²) in [7, 11) is 0. The largest absolute Gasteiger partial charge is 0.104 e. The predicted molar refractivity (Wildman–Crippen MR) is 71.5 cm³/mol. The first kappa shape index (κ1) is 12.8. The average Bonchev–Trinajstić information content (AvgIpc) is 2.30. The van der Waals surface area contributed by atoms with Crippen molar-refractivity contribution in [3.8, 4) is 11.8 Å². The normalized spacial score (nSPS) is 11.7. The number of aryl methyl sites for hydroxylation is 1. The summed E-state index contributed by atoms with van der Waals surface area (Å²) in [5, 5.41) is 0. The molecule has 0 heterocycles. The van der Waals surface area contributed by atoms with E-state index >= 15 is 0 Å². The van der Waals surface area contributed by atoms with Crippen LogP contribution in [0.25, 0.3) is 0 Å². The molecule has 0 amide bonds. The summed E-state index contributed by atoms with van der Waals surface area (Å²) in [6.45, 7) is 6.56. The van der Waals surface area contributed by atoms with E-state index in [0.717, 1.165) is 12.8 Å². The van der Waals surface area contributed by atoms with Gasteiger partial charge in [-0.2, -0.15) is 0 Å². The van der Waals surface area contributed by atoms with Crippen LogP contribution in [-0.4, -0.2) is 0 Å². The van der Waals surface area contributed by atoms with Crippen molar-refractivity contribution < 1.29 is 0 Å². The SMILES string of the molecule is CCC#CCC(C)c1ccc(CCC)cc1. The lowest BCUT2D eigenvalue weighted by molar-refractivity contribution is 0.793. The van der Waals surface area contributed by atoms with Crippen LogP contribution < -0.4 is 0 Å². The van der Waals surface area contributed by atoms with E-state index in [4.69, 9.17) is 0 Å². The predicted octanol–water partition coefficient (Wildman–Crippen LogP) is 4.55. The second kappa shape index (κ2) is 7.12. The van der Waals surface area contributed by atoms with Crippen LogP contribution in [0.5, 0.6) is 0 Å². The van der Waals surface area contributed by atoms with Gasteiger partial charge in [0.1, 0.15) is 0 Å². The molecule has 0 aromatic heterocycles. The van der Waals surface area contributed by atoms with Crippen molar-refractivity contribution in [3.05, 3.63) is 35.4 Å². The minimum absolute atomic E-state index is 0.551. The second-order valence-electron chi connectivity index (χ2n) is 4.30. The fraction of sp³-hybridized carbons (Fsp3) is 0.500. The Morgan fingerprint density at radius 3 is 2.31 bits per heavy atom. The van der Waals surface area contributed by atoms with Crippen LogP contribution in [0.15, 0.2) is 24.3 Å². The first-order valence-electron chi connectivity index (χ1n) is 6.32. The summed E-state index contributed by atoms with van der Waals surface area (Å²) in [4.78, 5) is 0. The standard InChI is InChI=1S/C16H22/c1-4-6-7-9-14(3)16-12-10-15(8-5-2)11-13-16/h10-14H,4-5,8-9H2,1-3H3. The molecule has 16 heavy (non-hydrogen) atoms. The van der Waals surface area contributed by atoms with E-state index in [2.05, 4.69) is 56.9 Å². The Morgan fingerprint density at radius 1 is 1.06 bits per heavy atom. The van der Waals surface area contributed by atoms with Gasteiger partial charge in [-0.25, -0.2) is 0 Å². The molecular formula is C16H22. The van der Waals surface area contributed by atoms with Crippen LogP contribution >= 0.6 is 0 Å². The Balaban J connectivity index is 2.59. The van der Waals surface area contributed by atoms with Gasteiger partial charge in [-0.05, 0) is 23.5 Å². The fourth-order valence-corrected chi connectivity index (χ4v) is 1.77. The van der Waals surface area contributed by atoms with Crippen molar-refractivity contribution in [2.75, 3.05) is 0 Å². The maximum Gasteiger partial charge on any atom is 0.0155 e. The van der Waals surface area contributed by atoms with Gasteiger partial charge in [0.2, 0.25) is 0 Å². The summed E-state index contributed by atoms with van der Waals surface area (Å²) in [6, 6.07) is 9.01. The molecule has 0 aliphatic carbocycles. The van der Waals surface area contributed by atoms with Gasteiger partial charge in [0.25, 0.3) is 0 Å². The first-order valence-corrected chi connectivity index (χ1v) is 6.32. The van der Waals surface area contributed by atoms with Gasteiger partial charge >= 0.3 is 0 Å². The van der Waals surface area contributed by atoms with Gasteiger partial charge in [0, 0.05) is 12.8 Å². The Kier molecular flexibility index (Phi) is 5.72. The van der Waals surface area contributed by atoms with Crippen LogP contribution in [0.4, 0.5) is 0 Å². The van der Waals surface area contributed by atoms with Gasteiger partial charge in [0.15, 0.2) is 0 Å². The van der Waals surface area contributed by atoms with Crippen molar-refractivity contribution in [1.29, 1.82) is 0 Å². The average molecular weight is 214 g/mol. The molecule has 0 heteroatoms. The third-order valence-electron chi connectivity index (χ3n) is 2.80. The highest BCUT2D eigenvalue weighted by molar-refractivity contribution is 5.26. The highest BCUT2D eigenvalue weighted by atomic mass is 14.1. The zero-order valence-corrected chi connectivity index (χ0v) is 10.7. The number of hydrogen-bond donors (Lipinski definition) is 0. The lowest BCUT2D eigenvalue weighted by Gasteiger charge is -2.09. The highest BCUT2D eigenvalue weighted by Gasteiger charge is 2.03. The number of hydrogen-bond acceptors (Lipinski definition) is 0. The van der Waals surface area contributed by atoms with Crippen molar-refractivity contribution >= 4 is 0 Å². The second-order valence-corrected chi connectivity index (χ2v) is 4.30. The first-order chi connectivity index (χ1) is 7.77. The van der Waals surface area contributed by atoms with E-state index < -0.39 is 0 Å². The van der Waals surface area contributed by atoms with Crippen LogP contribution in [0.2, 0.25) is 0 Å². The molecule has 86 valence electrons. The molecule has 1 aromatic carbocycles. The van der Waals surface area contributed by atoms with Crippen molar-refractivity contribution in [2.24, 2.45) is 0 Å². The minimum atomic E-state index is 0.551. The molecular weight excluding hydrogens is 192 g/mol. The van der Waals surface area contributed by atoms with Crippen LogP contribution in [0.3, 0.4) is 0 Å². The molecule has 0 aliphatic rings. The van der Waals surface area contributed by atoms with E-state index in [1.165, 1.54) is 24.0 Å². The molecule has 0 aliphatic heterocycles. The summed E-state index contributed by atoms with van der Waals surface area (Å²) < 4.78 is 0. The maximum absolute atomic E-state index is 3.22. The van der Waals surface area contributed by atoms with Gasteiger partial charge in [0.05, 0.1) is 0 Å². The molecule has 0 bridgehead atoms. The van der Waals surface area contributed by atoms with Gasteiger partial charge in [-0.15, -0.1) is 11.8 Å². The van der Waals surface area contributed by atoms with E-state index in [-0.39, 0.29) is 0 Å². The third-order valence-corrected chi connectivity index (χ3v) is 2.80. The van der Waals surface area contributed by atoms with Gasteiger partial charge < -0.3 is 0 Å². The lowest BCUT2D eigenvalue weighted by atomic mass is 9.96. The molecule has 0 nitrogen and oxygen atoms in total. The Morgan fingerprint density at radius 2 is 1.75 bits per heavy atom. The smallest absolute Gasteiger partial charge is 0.0155 e. The van der Waals surface area contributed by atoms with Crippen LogP contribution in [-0.2, 0) is 6.42 Å². The molecule has 1 unspecified atom stereocenters. The van der Waals surface area contributed by atoms with Crippen LogP contribution in [0, 0.1) is 11.8 Å². The molecule has 0 spiro atoms. The zero-order chi connectivity index (χ0) is 11.8. The van der Waals surface area contributed by atoms with E-state index in [1.54, 1.807) is 0 Å². The molecule has 1 aromatic rings. The zero-order valence-electron chi connectivity index (χ0n) is 10.7. The molecule has 0 N–H and O–H groups in total. The van der Waals surface area contributed by atoms with E-state index in [9.17, 15) is 0 Å². The maximum atomic E-state index is 3.22. The van der Waals surface area contributed by atoms with Gasteiger partial charge in [-0.1, -0.05) is 51.5 Å². The quantitative estimate of drug-likeness (QED) is 0.645. The molecule has 0 saturated carbocycles. The third kappa shape index (κ3) is 4.11. The summed E-state index contributed by atoms with van der Waals surface area (Å²) in [5.74, 6) is 6.90. The number of benzene rings is 1. The van der Waals surface area contributed by atoms with Crippen molar-refractivity contribution in [3.63, 3.8) is 0 Å². The summed E-state index contributed by atoms with van der Waals surface area (Å²) in [5.41, 5.74) is 2.85. The summed E-state index contributed by atoms with van der Waals surface area (Å²) >= 11 is 0. The molecule has 0 radical (unpaired) electrons. The topological polar surface area (TPSA) is 0 Å². The Labute approximate surface area is 100 Å². The lowest BCUT2D eigenvalue weighted by Crippen LogP contribution is -1.92. The minimum Gasteiger partial charge on any atom is -0.104 e. The molecule has 0 fully saturated rings. The van der Waals surface area contributed by atoms with E-state index in [1.807, 2.05) is 0 Å². The van der Waals surface area contributed by atoms with Crippen molar-refractivity contribution in [1.82, 2.24) is 0 Å². The molecule has 1 atom stereocenters. The summed E-state index contributed by atoms with van der Waals surface area (Å²) in [6.07, 6.45) is 4.34. The monoisotopic (exact) mass is 214 g/mol. The fourth-order valence-electron chi connectivity index (χ4n) is 1.77. The number of rotatable bonds is 4.